The maximum atomic E-state index is 12.2. The van der Waals surface area contributed by atoms with E-state index in [1.165, 1.54) is 11.1 Å². The van der Waals surface area contributed by atoms with Crippen molar-refractivity contribution < 1.29 is 9.53 Å². The molecule has 0 aliphatic heterocycles. The Balaban J connectivity index is 1.61. The van der Waals surface area contributed by atoms with E-state index >= 15 is 0 Å². The highest BCUT2D eigenvalue weighted by Gasteiger charge is 2.22. The summed E-state index contributed by atoms with van der Waals surface area (Å²) in [5, 5.41) is 2.78. The minimum Gasteiger partial charge on any atom is -0.437 e. The summed E-state index contributed by atoms with van der Waals surface area (Å²) in [6.07, 6.45) is 7.37. The summed E-state index contributed by atoms with van der Waals surface area (Å²) in [6.45, 7) is 2.43. The summed E-state index contributed by atoms with van der Waals surface area (Å²) in [5.41, 5.74) is 4.13. The summed E-state index contributed by atoms with van der Waals surface area (Å²) < 4.78 is 9.38. The van der Waals surface area contributed by atoms with Gasteiger partial charge >= 0.3 is 0 Å². The highest BCUT2D eigenvalue weighted by atomic mass is 32.2. The van der Waals surface area contributed by atoms with Gasteiger partial charge in [-0.2, -0.15) is 0 Å². The number of H-pyrrole nitrogens is 1. The molecule has 0 saturated heterocycles. The quantitative estimate of drug-likeness (QED) is 0.566. The van der Waals surface area contributed by atoms with Crippen molar-refractivity contribution in [3.63, 3.8) is 0 Å². The molecule has 2 aromatic heterocycles. The molecule has 0 radical (unpaired) electrons. The Hall–Kier alpha value is -2.58. The number of hydrogen-bond acceptors (Lipinski definition) is 6. The van der Waals surface area contributed by atoms with E-state index in [0.717, 1.165) is 12.8 Å². The van der Waals surface area contributed by atoms with Gasteiger partial charge in [0.2, 0.25) is 5.88 Å². The average molecular weight is 383 g/mol. The molecule has 0 spiro atoms. The number of amides is 1. The molecule has 0 fully saturated rings. The number of carbonyl (C=O) groups excluding carboxylic acids is 1. The van der Waals surface area contributed by atoms with E-state index in [-0.39, 0.29) is 5.91 Å². The van der Waals surface area contributed by atoms with E-state index in [0.29, 0.717) is 40.9 Å². The molecule has 8 heteroatoms. The van der Waals surface area contributed by atoms with Crippen molar-refractivity contribution in [2.24, 2.45) is 0 Å². The molecule has 140 valence electrons. The topological polar surface area (TPSA) is 91.9 Å². The lowest BCUT2D eigenvalue weighted by Gasteiger charge is -2.13. The van der Waals surface area contributed by atoms with Crippen molar-refractivity contribution in [2.75, 3.05) is 12.8 Å². The van der Waals surface area contributed by atoms with E-state index in [2.05, 4.69) is 37.1 Å². The number of aromatic amines is 1. The molecule has 1 aliphatic carbocycles. The predicted octanol–water partition coefficient (Wildman–Crippen LogP) is 3.35. The van der Waals surface area contributed by atoms with Gasteiger partial charge in [-0.1, -0.05) is 18.0 Å². The van der Waals surface area contributed by atoms with Crippen LogP contribution in [0.5, 0.6) is 11.6 Å². The van der Waals surface area contributed by atoms with Gasteiger partial charge in [0.15, 0.2) is 5.65 Å². The van der Waals surface area contributed by atoms with Crippen molar-refractivity contribution in [3.05, 3.63) is 47.3 Å². The molecule has 0 saturated carbocycles. The molecule has 2 heterocycles. The number of fused-ring (bicyclic) bond motifs is 2. The molecule has 0 bridgehead atoms. The molecule has 27 heavy (non-hydrogen) atoms. The lowest BCUT2D eigenvalue weighted by atomic mass is 10.1. The molecule has 1 amide bonds. The van der Waals surface area contributed by atoms with Crippen LogP contribution in [0.25, 0.3) is 11.2 Å². The van der Waals surface area contributed by atoms with Crippen LogP contribution in [0.15, 0.2) is 30.6 Å². The number of hydrogen-bond donors (Lipinski definition) is 3. The van der Waals surface area contributed by atoms with E-state index in [1.807, 2.05) is 19.2 Å². The Morgan fingerprint density at radius 1 is 1.44 bits per heavy atom. The number of carbonyl (C=O) groups is 1. The fourth-order valence-corrected chi connectivity index (χ4v) is 3.91. The molecule has 3 aromatic rings. The van der Waals surface area contributed by atoms with Gasteiger partial charge < -0.3 is 15.0 Å². The average Bonchev–Trinajstić information content (AvgIpc) is 3.26. The number of nitrogens with zero attached hydrogens (tertiary/aromatic N) is 2. The fraction of sp³-hybridized carbons (Fsp3) is 0.316. The molecule has 1 unspecified atom stereocenters. The van der Waals surface area contributed by atoms with Gasteiger partial charge in [-0.05, 0) is 49.3 Å². The zero-order valence-electron chi connectivity index (χ0n) is 15.2. The summed E-state index contributed by atoms with van der Waals surface area (Å²) in [5.74, 6) is 0.894. The number of aromatic nitrogens is 3. The second-order valence-electron chi connectivity index (χ2n) is 6.34. The van der Waals surface area contributed by atoms with Crippen LogP contribution >= 0.6 is 11.9 Å². The van der Waals surface area contributed by atoms with Crippen molar-refractivity contribution in [3.8, 4) is 11.6 Å². The third-order valence-corrected chi connectivity index (χ3v) is 5.14. The van der Waals surface area contributed by atoms with E-state index < -0.39 is 0 Å². The lowest BCUT2D eigenvalue weighted by Crippen LogP contribution is -2.22. The minimum absolute atomic E-state index is 0.182. The molecule has 1 atom stereocenters. The first-order valence-electron chi connectivity index (χ1n) is 8.91. The molecule has 4 rings (SSSR count). The van der Waals surface area contributed by atoms with Gasteiger partial charge in [-0.15, -0.1) is 0 Å². The normalized spacial score (nSPS) is 15.7. The first-order valence-corrected chi connectivity index (χ1v) is 10.1. The highest BCUT2D eigenvalue weighted by Crippen LogP contribution is 2.35. The summed E-state index contributed by atoms with van der Waals surface area (Å²) in [4.78, 5) is 23.9. The fourth-order valence-electron chi connectivity index (χ4n) is 3.38. The number of nitrogens with one attached hydrogen (secondary N) is 3. The van der Waals surface area contributed by atoms with Crippen LogP contribution in [-0.4, -0.2) is 33.7 Å². The second-order valence-corrected chi connectivity index (χ2v) is 6.99. The first kappa shape index (κ1) is 17.8. The van der Waals surface area contributed by atoms with Gasteiger partial charge in [-0.25, -0.2) is 9.97 Å². The third-order valence-electron chi connectivity index (χ3n) is 4.62. The largest absolute Gasteiger partial charge is 0.437 e. The molecular weight excluding hydrogens is 362 g/mol. The number of rotatable bonds is 6. The minimum atomic E-state index is -0.182. The smallest absolute Gasteiger partial charge is 0.255 e. The molecule has 1 aliphatic rings. The Bertz CT molecular complexity index is 985. The number of aryl methyl sites for hydroxylation is 1. The van der Waals surface area contributed by atoms with E-state index in [4.69, 9.17) is 4.74 Å². The second kappa shape index (κ2) is 7.58. The standard InChI is InChI=1S/C19H21N5O2S/c1-3-20-19(25)14-9-21-18-17(14)23-16(10-22-18)26-12-6-4-11-5-7-15(24-27-2)13(11)8-12/h4,6,8-10,15,24H,3,5,7H2,1-2H3,(H,20,25)(H,21,22). The summed E-state index contributed by atoms with van der Waals surface area (Å²) in [7, 11) is 0. The summed E-state index contributed by atoms with van der Waals surface area (Å²) in [6, 6.07) is 6.45. The Labute approximate surface area is 161 Å². The number of benzene rings is 1. The molecular formula is C19H21N5O2S. The monoisotopic (exact) mass is 383 g/mol. The molecule has 1 aromatic carbocycles. The van der Waals surface area contributed by atoms with Crippen molar-refractivity contribution in [1.29, 1.82) is 0 Å². The summed E-state index contributed by atoms with van der Waals surface area (Å²) >= 11 is 1.63. The van der Waals surface area contributed by atoms with Crippen LogP contribution in [-0.2, 0) is 6.42 Å². The Kier molecular flexibility index (Phi) is 5.00. The van der Waals surface area contributed by atoms with Crippen LogP contribution in [0.1, 0.15) is 40.9 Å². The third kappa shape index (κ3) is 3.50. The Morgan fingerprint density at radius 2 is 2.33 bits per heavy atom. The van der Waals surface area contributed by atoms with Crippen molar-refractivity contribution >= 4 is 29.0 Å². The van der Waals surface area contributed by atoms with E-state index in [1.54, 1.807) is 24.3 Å². The van der Waals surface area contributed by atoms with Gasteiger partial charge in [-0.3, -0.25) is 9.52 Å². The van der Waals surface area contributed by atoms with Crippen LogP contribution in [0, 0.1) is 0 Å². The lowest BCUT2D eigenvalue weighted by molar-refractivity contribution is 0.0957. The maximum Gasteiger partial charge on any atom is 0.255 e. The predicted molar refractivity (Wildman–Crippen MR) is 106 cm³/mol. The van der Waals surface area contributed by atoms with Gasteiger partial charge in [0, 0.05) is 18.8 Å². The van der Waals surface area contributed by atoms with Crippen LogP contribution in [0.2, 0.25) is 0 Å². The van der Waals surface area contributed by atoms with Crippen LogP contribution < -0.4 is 14.8 Å². The van der Waals surface area contributed by atoms with Crippen molar-refractivity contribution in [2.45, 2.75) is 25.8 Å². The van der Waals surface area contributed by atoms with Crippen LogP contribution in [0.4, 0.5) is 0 Å². The van der Waals surface area contributed by atoms with Gasteiger partial charge in [0.05, 0.1) is 11.8 Å². The van der Waals surface area contributed by atoms with Gasteiger partial charge in [0.1, 0.15) is 11.3 Å². The zero-order valence-corrected chi connectivity index (χ0v) is 16.0. The van der Waals surface area contributed by atoms with Crippen LogP contribution in [0.3, 0.4) is 0 Å². The molecule has 7 nitrogen and oxygen atoms in total. The first-order chi connectivity index (χ1) is 13.2. The maximum absolute atomic E-state index is 12.2. The number of ether oxygens (including phenoxy) is 1. The van der Waals surface area contributed by atoms with Gasteiger partial charge in [0.25, 0.3) is 5.91 Å². The Morgan fingerprint density at radius 3 is 3.15 bits per heavy atom. The van der Waals surface area contributed by atoms with E-state index in [9.17, 15) is 4.79 Å². The zero-order chi connectivity index (χ0) is 18.8. The molecule has 3 N–H and O–H groups in total. The SMILES string of the molecule is CCNC(=O)c1c[nH]c2ncc(Oc3ccc4c(c3)C(NSC)CC4)nc12. The van der Waals surface area contributed by atoms with Crippen molar-refractivity contribution in [1.82, 2.24) is 25.0 Å². The highest BCUT2D eigenvalue weighted by molar-refractivity contribution is 7.96.